The van der Waals surface area contributed by atoms with Gasteiger partial charge in [-0.05, 0) is 43.2 Å². The Morgan fingerprint density at radius 1 is 0.829 bits per heavy atom. The maximum absolute atomic E-state index is 14.0. The number of amides is 2. The van der Waals surface area contributed by atoms with E-state index in [1.54, 1.807) is 54.6 Å². The number of ketones is 2. The maximum atomic E-state index is 14.0. The first kappa shape index (κ1) is 21.9. The Labute approximate surface area is 206 Å². The SMILES string of the molecule is Cc1ccc(N2C(=O)[C@H]3[C@@H](c4ccc(Cl)cc4)OC4(C(=O)c5ccccc5C4=O)[C@@H]3C2=O)c(C)c1. The topological polar surface area (TPSA) is 80.8 Å². The van der Waals surface area contributed by atoms with Crippen molar-refractivity contribution in [3.63, 3.8) is 0 Å². The van der Waals surface area contributed by atoms with Crippen LogP contribution in [0.5, 0.6) is 0 Å². The van der Waals surface area contributed by atoms with E-state index >= 15 is 0 Å². The molecule has 3 aliphatic rings. The lowest BCUT2D eigenvalue weighted by atomic mass is 9.77. The molecule has 35 heavy (non-hydrogen) atoms. The van der Waals surface area contributed by atoms with E-state index in [-0.39, 0.29) is 11.1 Å². The number of carbonyl (C=O) groups is 4. The number of rotatable bonds is 2. The van der Waals surface area contributed by atoms with E-state index in [1.165, 1.54) is 0 Å². The summed E-state index contributed by atoms with van der Waals surface area (Å²) in [6, 6.07) is 18.5. The van der Waals surface area contributed by atoms with Crippen LogP contribution in [0, 0.1) is 25.7 Å². The summed E-state index contributed by atoms with van der Waals surface area (Å²) in [5.41, 5.74) is 1.08. The first-order chi connectivity index (χ1) is 16.8. The molecule has 6 nitrogen and oxygen atoms in total. The molecule has 6 rings (SSSR count). The molecule has 2 aliphatic heterocycles. The molecule has 3 atom stereocenters. The molecule has 0 N–H and O–H groups in total. The Morgan fingerprint density at radius 2 is 1.46 bits per heavy atom. The quantitative estimate of drug-likeness (QED) is 0.390. The van der Waals surface area contributed by atoms with Gasteiger partial charge in [0.05, 0.1) is 23.6 Å². The van der Waals surface area contributed by atoms with Gasteiger partial charge in [0, 0.05) is 16.1 Å². The second-order valence-corrected chi connectivity index (χ2v) is 9.77. The number of benzene rings is 3. The Balaban J connectivity index is 1.55. The lowest BCUT2D eigenvalue weighted by Gasteiger charge is -2.27. The summed E-state index contributed by atoms with van der Waals surface area (Å²) in [6.45, 7) is 3.74. The fraction of sp³-hybridized carbons (Fsp3) is 0.214. The third-order valence-corrected chi connectivity index (χ3v) is 7.56. The van der Waals surface area contributed by atoms with Crippen LogP contribution in [-0.4, -0.2) is 29.0 Å². The lowest BCUT2D eigenvalue weighted by molar-refractivity contribution is -0.127. The minimum Gasteiger partial charge on any atom is -0.349 e. The van der Waals surface area contributed by atoms with Gasteiger partial charge in [0.15, 0.2) is 0 Å². The van der Waals surface area contributed by atoms with Gasteiger partial charge in [-0.25, -0.2) is 4.90 Å². The van der Waals surface area contributed by atoms with Gasteiger partial charge in [-0.1, -0.05) is 65.7 Å². The van der Waals surface area contributed by atoms with Crippen molar-refractivity contribution in [1.82, 2.24) is 0 Å². The predicted octanol–water partition coefficient (Wildman–Crippen LogP) is 4.65. The predicted molar refractivity (Wildman–Crippen MR) is 129 cm³/mol. The minimum absolute atomic E-state index is 0.207. The summed E-state index contributed by atoms with van der Waals surface area (Å²) >= 11 is 6.06. The normalized spacial score (nSPS) is 24.4. The summed E-state index contributed by atoms with van der Waals surface area (Å²) in [4.78, 5) is 56.5. The maximum Gasteiger partial charge on any atom is 0.241 e. The minimum atomic E-state index is -2.08. The molecule has 3 aromatic rings. The highest BCUT2D eigenvalue weighted by Gasteiger charge is 2.74. The molecule has 0 saturated carbocycles. The van der Waals surface area contributed by atoms with Gasteiger partial charge in [-0.15, -0.1) is 0 Å². The molecule has 2 saturated heterocycles. The van der Waals surface area contributed by atoms with E-state index in [9.17, 15) is 19.2 Å². The average molecular weight is 486 g/mol. The first-order valence-electron chi connectivity index (χ1n) is 11.3. The van der Waals surface area contributed by atoms with Gasteiger partial charge in [0.25, 0.3) is 0 Å². The van der Waals surface area contributed by atoms with Crippen molar-refractivity contribution in [3.05, 3.63) is 99.6 Å². The van der Waals surface area contributed by atoms with Crippen LogP contribution in [-0.2, 0) is 14.3 Å². The van der Waals surface area contributed by atoms with Crippen molar-refractivity contribution in [2.24, 2.45) is 11.8 Å². The molecule has 0 radical (unpaired) electrons. The van der Waals surface area contributed by atoms with E-state index < -0.39 is 46.9 Å². The van der Waals surface area contributed by atoms with Crippen molar-refractivity contribution in [3.8, 4) is 0 Å². The number of ether oxygens (including phenoxy) is 1. The third-order valence-electron chi connectivity index (χ3n) is 7.31. The first-order valence-corrected chi connectivity index (χ1v) is 11.7. The number of carbonyl (C=O) groups excluding carboxylic acids is 4. The van der Waals surface area contributed by atoms with E-state index in [4.69, 9.17) is 16.3 Å². The Morgan fingerprint density at radius 3 is 2.06 bits per heavy atom. The van der Waals surface area contributed by atoms with Gasteiger partial charge in [0.1, 0.15) is 0 Å². The zero-order chi connectivity index (χ0) is 24.6. The highest BCUT2D eigenvalue weighted by atomic mass is 35.5. The molecule has 174 valence electrons. The summed E-state index contributed by atoms with van der Waals surface area (Å²) in [7, 11) is 0. The van der Waals surface area contributed by atoms with Crippen LogP contribution >= 0.6 is 11.6 Å². The van der Waals surface area contributed by atoms with E-state index in [1.807, 2.05) is 26.0 Å². The second kappa shape index (κ2) is 7.44. The Hall–Kier alpha value is -3.61. The van der Waals surface area contributed by atoms with Crippen LogP contribution in [0.2, 0.25) is 5.02 Å². The van der Waals surface area contributed by atoms with Crippen molar-refractivity contribution >= 4 is 40.7 Å². The van der Waals surface area contributed by atoms with Crippen LogP contribution in [0.25, 0.3) is 0 Å². The smallest absolute Gasteiger partial charge is 0.241 e. The molecule has 7 heteroatoms. The third kappa shape index (κ3) is 2.81. The number of hydrogen-bond donors (Lipinski definition) is 0. The monoisotopic (exact) mass is 485 g/mol. The number of nitrogens with zero attached hydrogens (tertiary/aromatic N) is 1. The van der Waals surface area contributed by atoms with Crippen LogP contribution in [0.15, 0.2) is 66.7 Å². The highest BCUT2D eigenvalue weighted by Crippen LogP contribution is 2.57. The van der Waals surface area contributed by atoms with Gasteiger partial charge in [-0.2, -0.15) is 0 Å². The van der Waals surface area contributed by atoms with Crippen molar-refractivity contribution in [1.29, 1.82) is 0 Å². The van der Waals surface area contributed by atoms with Crippen molar-refractivity contribution in [2.45, 2.75) is 25.6 Å². The average Bonchev–Trinajstić information content (AvgIpc) is 3.40. The number of halogens is 1. The number of anilines is 1. The largest absolute Gasteiger partial charge is 0.349 e. The van der Waals surface area contributed by atoms with Crippen molar-refractivity contribution < 1.29 is 23.9 Å². The summed E-state index contributed by atoms with van der Waals surface area (Å²) in [5, 5.41) is 0.490. The molecule has 2 amide bonds. The van der Waals surface area contributed by atoms with Gasteiger partial charge < -0.3 is 4.74 Å². The van der Waals surface area contributed by atoms with Crippen LogP contribution in [0.1, 0.15) is 43.5 Å². The van der Waals surface area contributed by atoms with Crippen LogP contribution in [0.3, 0.4) is 0 Å². The molecular weight excluding hydrogens is 466 g/mol. The molecule has 1 spiro atoms. The summed E-state index contributed by atoms with van der Waals surface area (Å²) in [6.07, 6.45) is -0.966. The second-order valence-electron chi connectivity index (χ2n) is 9.33. The fourth-order valence-electron chi connectivity index (χ4n) is 5.76. The molecule has 3 aromatic carbocycles. The Bertz CT molecular complexity index is 1430. The lowest BCUT2D eigenvalue weighted by Crippen LogP contribution is -2.51. The molecule has 1 aliphatic carbocycles. The van der Waals surface area contributed by atoms with E-state index in [2.05, 4.69) is 0 Å². The number of imide groups is 1. The molecule has 0 bridgehead atoms. The number of fused-ring (bicyclic) bond motifs is 3. The van der Waals surface area contributed by atoms with Crippen LogP contribution < -0.4 is 4.90 Å². The molecular formula is C28H20ClNO5. The molecule has 2 fully saturated rings. The zero-order valence-electron chi connectivity index (χ0n) is 18.9. The molecule has 0 unspecified atom stereocenters. The van der Waals surface area contributed by atoms with Crippen molar-refractivity contribution in [2.75, 3.05) is 4.90 Å². The highest BCUT2D eigenvalue weighted by molar-refractivity contribution is 6.37. The fourth-order valence-corrected chi connectivity index (χ4v) is 5.89. The van der Waals surface area contributed by atoms with Crippen LogP contribution in [0.4, 0.5) is 5.69 Å². The summed E-state index contributed by atoms with van der Waals surface area (Å²) in [5.74, 6) is -4.55. The van der Waals surface area contributed by atoms with Gasteiger partial charge in [-0.3, -0.25) is 19.2 Å². The number of Topliss-reactive ketones (excluding diaryl/α,β-unsaturated/α-hetero) is 2. The van der Waals surface area contributed by atoms with Gasteiger partial charge >= 0.3 is 0 Å². The number of aryl methyl sites for hydroxylation is 2. The number of hydrogen-bond acceptors (Lipinski definition) is 5. The molecule has 2 heterocycles. The standard InChI is InChI=1S/C28H20ClNO5/c1-14-7-12-20(15(2)13-14)30-26(33)21-22(27(30)34)28(35-23(21)16-8-10-17(29)11-9-16)24(31)18-5-3-4-6-19(18)25(28)32/h3-13,21-23H,1-2H3/t21-,22+,23-/m1/s1. The zero-order valence-corrected chi connectivity index (χ0v) is 19.7. The summed E-state index contributed by atoms with van der Waals surface area (Å²) < 4.78 is 6.27. The van der Waals surface area contributed by atoms with E-state index in [0.29, 0.717) is 16.3 Å². The Kier molecular flexibility index (Phi) is 4.66. The van der Waals surface area contributed by atoms with Gasteiger partial charge in [0.2, 0.25) is 29.0 Å². The molecule has 0 aromatic heterocycles. The van der Waals surface area contributed by atoms with E-state index in [0.717, 1.165) is 16.0 Å².